The Bertz CT molecular complexity index is 842. The third-order valence-corrected chi connectivity index (χ3v) is 4.67. The number of carbonyl (C=O) groups is 1. The zero-order valence-corrected chi connectivity index (χ0v) is 14.1. The molecule has 0 amide bonds. The third-order valence-electron chi connectivity index (χ3n) is 3.69. The van der Waals surface area contributed by atoms with Gasteiger partial charge in [-0.1, -0.05) is 0 Å². The first-order valence-corrected chi connectivity index (χ1v) is 8.85. The number of hydrogen-bond acceptors (Lipinski definition) is 8. The van der Waals surface area contributed by atoms with Gasteiger partial charge < -0.3 is 34.6 Å². The lowest BCUT2D eigenvalue weighted by atomic mass is 10.1. The number of aliphatic hydroxyl groups is 2. The lowest BCUT2D eigenvalue weighted by Gasteiger charge is -2.19. The molecule has 1 aromatic rings. The molecule has 0 radical (unpaired) electrons. The van der Waals surface area contributed by atoms with Crippen molar-refractivity contribution in [2.45, 2.75) is 37.3 Å². The molecule has 0 aromatic carbocycles. The van der Waals surface area contributed by atoms with Crippen molar-refractivity contribution in [2.24, 2.45) is 0 Å². The molecule has 0 saturated carbocycles. The molecule has 1 fully saturated rings. The van der Waals surface area contributed by atoms with E-state index >= 15 is 0 Å². The number of carboxylic acids is 1. The van der Waals surface area contributed by atoms with E-state index in [1.807, 2.05) is 4.98 Å². The molecule has 14 heteroatoms. The Morgan fingerprint density at radius 3 is 2.54 bits per heavy atom. The van der Waals surface area contributed by atoms with Crippen molar-refractivity contribution in [3.8, 4) is 0 Å². The third kappa shape index (κ3) is 4.10. The molecule has 0 spiro atoms. The molecule has 13 nitrogen and oxygen atoms in total. The van der Waals surface area contributed by atoms with Crippen LogP contribution in [0.4, 0.5) is 0 Å². The highest BCUT2D eigenvalue weighted by Crippen LogP contribution is 2.42. The van der Waals surface area contributed by atoms with Gasteiger partial charge in [0.15, 0.2) is 6.23 Å². The molecule has 1 aromatic heterocycles. The molecule has 2 heterocycles. The van der Waals surface area contributed by atoms with Crippen LogP contribution < -0.4 is 11.2 Å². The number of aliphatic hydroxyl groups excluding tert-OH is 2. The molecule has 26 heavy (non-hydrogen) atoms. The van der Waals surface area contributed by atoms with E-state index in [0.717, 1.165) is 10.8 Å². The van der Waals surface area contributed by atoms with Gasteiger partial charge in [-0.15, -0.1) is 0 Å². The quantitative estimate of drug-likeness (QED) is 0.268. The molecular formula is C12H17N2O11P. The number of nitrogens with one attached hydrogen (secondary N) is 1. The van der Waals surface area contributed by atoms with E-state index in [4.69, 9.17) is 19.6 Å². The number of aromatic nitrogens is 2. The number of hydrogen-bond donors (Lipinski definition) is 6. The first-order chi connectivity index (χ1) is 11.9. The van der Waals surface area contributed by atoms with Gasteiger partial charge in [-0.3, -0.25) is 18.9 Å². The van der Waals surface area contributed by atoms with Crippen LogP contribution in [0.2, 0.25) is 0 Å². The molecule has 1 saturated heterocycles. The molecule has 0 bridgehead atoms. The standard InChI is InChI=1S/C12H17N2O11P/c1-4-2-14(12(20)13-8(4)17)9-7(16)6(15)5(25-9)3-24-11(10(18)19)26(21,22)23/h2,5-7,9,11,15-16H,3H2,1H3,(H,18,19)(H,13,17,20)(H2,21,22,23). The van der Waals surface area contributed by atoms with Gasteiger partial charge in [-0.2, -0.15) is 0 Å². The first kappa shape index (κ1) is 20.5. The minimum Gasteiger partial charge on any atom is -0.479 e. The van der Waals surface area contributed by atoms with Gasteiger partial charge in [0, 0.05) is 11.8 Å². The summed E-state index contributed by atoms with van der Waals surface area (Å²) in [6.45, 7) is 0.610. The van der Waals surface area contributed by atoms with Gasteiger partial charge in [0.05, 0.1) is 6.61 Å². The smallest absolute Gasteiger partial charge is 0.365 e. The number of H-pyrrole nitrogens is 1. The Morgan fingerprint density at radius 2 is 2.00 bits per heavy atom. The summed E-state index contributed by atoms with van der Waals surface area (Å²) in [6.07, 6.45) is -5.02. The fraction of sp³-hybridized carbons (Fsp3) is 0.583. The number of aryl methyl sites for hydroxylation is 1. The summed E-state index contributed by atoms with van der Waals surface area (Å²) in [5.41, 5.74) is -1.44. The van der Waals surface area contributed by atoms with Crippen LogP contribution in [0.25, 0.3) is 0 Å². The van der Waals surface area contributed by atoms with Crippen LogP contribution in [0.1, 0.15) is 11.8 Å². The second-order valence-corrected chi connectivity index (χ2v) is 7.29. The van der Waals surface area contributed by atoms with Crippen molar-refractivity contribution >= 4 is 13.6 Å². The predicted octanol–water partition coefficient (Wildman–Crippen LogP) is -2.93. The van der Waals surface area contributed by atoms with Crippen LogP contribution in [0.3, 0.4) is 0 Å². The molecule has 6 N–H and O–H groups in total. The Morgan fingerprint density at radius 1 is 1.38 bits per heavy atom. The van der Waals surface area contributed by atoms with E-state index in [9.17, 15) is 29.2 Å². The summed E-state index contributed by atoms with van der Waals surface area (Å²) >= 11 is 0. The lowest BCUT2D eigenvalue weighted by molar-refractivity contribution is -0.149. The van der Waals surface area contributed by atoms with E-state index in [1.165, 1.54) is 6.92 Å². The van der Waals surface area contributed by atoms with Crippen LogP contribution in [0, 0.1) is 6.92 Å². The van der Waals surface area contributed by atoms with Gasteiger partial charge in [0.2, 0.25) is 0 Å². The van der Waals surface area contributed by atoms with Crippen LogP contribution in [-0.4, -0.2) is 71.4 Å². The maximum atomic E-state index is 11.8. The van der Waals surface area contributed by atoms with Crippen molar-refractivity contribution in [1.82, 2.24) is 9.55 Å². The molecule has 2 rings (SSSR count). The topological polar surface area (TPSA) is 209 Å². The summed E-state index contributed by atoms with van der Waals surface area (Å²) in [5.74, 6) is -4.40. The number of rotatable bonds is 6. The zero-order valence-electron chi connectivity index (χ0n) is 13.3. The minimum atomic E-state index is -5.13. The van der Waals surface area contributed by atoms with Crippen LogP contribution in [0.5, 0.6) is 0 Å². The average Bonchev–Trinajstić information content (AvgIpc) is 2.78. The molecule has 1 aliphatic heterocycles. The highest BCUT2D eigenvalue weighted by atomic mass is 31.2. The minimum absolute atomic E-state index is 0.127. The summed E-state index contributed by atoms with van der Waals surface area (Å²) in [5, 5.41) is 28.8. The second kappa shape index (κ2) is 7.40. The Hall–Kier alpha value is -1.86. The monoisotopic (exact) mass is 396 g/mol. The largest absolute Gasteiger partial charge is 0.479 e. The van der Waals surface area contributed by atoms with Gasteiger partial charge in [0.1, 0.15) is 18.3 Å². The molecular weight excluding hydrogens is 379 g/mol. The number of nitrogens with zero attached hydrogens (tertiary/aromatic N) is 1. The number of aliphatic carboxylic acids is 1. The van der Waals surface area contributed by atoms with Gasteiger partial charge >= 0.3 is 19.3 Å². The van der Waals surface area contributed by atoms with Gasteiger partial charge in [0.25, 0.3) is 11.4 Å². The van der Waals surface area contributed by atoms with Crippen molar-refractivity contribution < 1.29 is 43.9 Å². The number of aromatic amines is 1. The summed E-state index contributed by atoms with van der Waals surface area (Å²) in [7, 11) is -5.13. The summed E-state index contributed by atoms with van der Waals surface area (Å²) in [6, 6.07) is 0. The normalized spacial score (nSPS) is 27.4. The molecule has 5 atom stereocenters. The van der Waals surface area contributed by atoms with E-state index in [0.29, 0.717) is 0 Å². The lowest BCUT2D eigenvalue weighted by Crippen LogP contribution is -2.38. The SMILES string of the molecule is Cc1cn(C2OC(COC(C(=O)O)P(=O)(O)O)C(O)C2O)c(=O)[nH]c1=O. The van der Waals surface area contributed by atoms with Crippen molar-refractivity contribution in [1.29, 1.82) is 0 Å². The number of ether oxygens (including phenoxy) is 2. The highest BCUT2D eigenvalue weighted by molar-refractivity contribution is 7.53. The van der Waals surface area contributed by atoms with E-state index in [2.05, 4.69) is 4.74 Å². The number of carboxylic acid groups (broad SMARTS) is 1. The zero-order chi connectivity index (χ0) is 19.8. The maximum Gasteiger partial charge on any atom is 0.365 e. The fourth-order valence-electron chi connectivity index (χ4n) is 2.37. The second-order valence-electron chi connectivity index (χ2n) is 5.64. The van der Waals surface area contributed by atoms with Gasteiger partial charge in [-0.05, 0) is 6.92 Å². The van der Waals surface area contributed by atoms with Crippen LogP contribution in [0.15, 0.2) is 15.8 Å². The van der Waals surface area contributed by atoms with E-state index < -0.39 is 61.8 Å². The van der Waals surface area contributed by atoms with E-state index in [1.54, 1.807) is 0 Å². The summed E-state index contributed by atoms with van der Waals surface area (Å²) < 4.78 is 21.8. The maximum absolute atomic E-state index is 11.8. The Kier molecular flexibility index (Phi) is 5.82. The molecule has 0 aliphatic carbocycles. The fourth-order valence-corrected chi connectivity index (χ4v) is 2.94. The first-order valence-electron chi connectivity index (χ1n) is 7.16. The van der Waals surface area contributed by atoms with Crippen molar-refractivity contribution in [2.75, 3.05) is 6.61 Å². The molecule has 146 valence electrons. The van der Waals surface area contributed by atoms with Gasteiger partial charge in [-0.25, -0.2) is 9.59 Å². The average molecular weight is 396 g/mol. The van der Waals surface area contributed by atoms with Crippen molar-refractivity contribution in [3.63, 3.8) is 0 Å². The van der Waals surface area contributed by atoms with Crippen LogP contribution in [-0.2, 0) is 18.8 Å². The van der Waals surface area contributed by atoms with E-state index in [-0.39, 0.29) is 5.56 Å². The van der Waals surface area contributed by atoms with Crippen molar-refractivity contribution in [3.05, 3.63) is 32.6 Å². The predicted molar refractivity (Wildman–Crippen MR) is 81.4 cm³/mol. The highest BCUT2D eigenvalue weighted by Gasteiger charge is 2.46. The molecule has 5 unspecified atom stereocenters. The Labute approximate surface area is 144 Å². The Balaban J connectivity index is 2.19. The molecule has 1 aliphatic rings. The van der Waals surface area contributed by atoms with Crippen LogP contribution >= 0.6 is 7.60 Å². The summed E-state index contributed by atoms with van der Waals surface area (Å²) in [4.78, 5) is 53.9.